The summed E-state index contributed by atoms with van der Waals surface area (Å²) in [7, 11) is 0. The number of carboxylic acid groups (broad SMARTS) is 1. The maximum absolute atomic E-state index is 13.3. The molecule has 0 unspecified atom stereocenters. The van der Waals surface area contributed by atoms with Crippen LogP contribution in [0.1, 0.15) is 96.3 Å². The largest absolute Gasteiger partial charge is 0.494 e. The predicted molar refractivity (Wildman–Crippen MR) is 161 cm³/mol. The molecule has 3 fully saturated rings. The van der Waals surface area contributed by atoms with E-state index in [0.717, 1.165) is 32.1 Å². The number of piperidine rings is 1. The van der Waals surface area contributed by atoms with Crippen molar-refractivity contribution in [3.63, 3.8) is 0 Å². The minimum atomic E-state index is -1.04. The van der Waals surface area contributed by atoms with Crippen LogP contribution in [-0.2, 0) is 23.9 Å². The van der Waals surface area contributed by atoms with E-state index in [9.17, 15) is 24.3 Å². The van der Waals surface area contributed by atoms with E-state index in [-0.39, 0.29) is 36.9 Å². The van der Waals surface area contributed by atoms with Crippen LogP contribution in [0.2, 0.25) is 0 Å². The molecule has 43 heavy (non-hydrogen) atoms. The third-order valence-electron chi connectivity index (χ3n) is 9.06. The maximum atomic E-state index is 13.3. The summed E-state index contributed by atoms with van der Waals surface area (Å²) in [6, 6.07) is 7.23. The molecular weight excluding hydrogens is 550 g/mol. The number of ether oxygens (including phenoxy) is 2. The number of hydrogen-bond acceptors (Lipinski definition) is 6. The molecule has 1 saturated carbocycles. The number of amides is 3. The normalized spacial score (nSPS) is 28.9. The fraction of sp³-hybridized carbons (Fsp3) is 0.697. The maximum Gasteiger partial charge on any atom is 0.326 e. The number of rotatable bonds is 5. The lowest BCUT2D eigenvalue weighted by atomic mass is 10.0. The number of hydrogen-bond donors (Lipinski definition) is 3. The highest BCUT2D eigenvalue weighted by atomic mass is 16.5. The fourth-order valence-electron chi connectivity index (χ4n) is 6.49. The molecule has 0 spiro atoms. The molecule has 1 aromatic rings. The molecule has 4 rings (SSSR count). The van der Waals surface area contributed by atoms with Crippen LogP contribution < -0.4 is 15.4 Å². The lowest BCUT2D eigenvalue weighted by Crippen LogP contribution is -2.52. The van der Waals surface area contributed by atoms with Crippen molar-refractivity contribution in [3.8, 4) is 5.75 Å². The minimum Gasteiger partial charge on any atom is -0.494 e. The van der Waals surface area contributed by atoms with Gasteiger partial charge in [-0.15, -0.1) is 0 Å². The molecular formula is C33H49N3O7. The number of nitrogens with one attached hydrogen (secondary N) is 2. The molecule has 0 aromatic heterocycles. The molecule has 2 aliphatic heterocycles. The van der Waals surface area contributed by atoms with E-state index in [4.69, 9.17) is 9.47 Å². The number of carbonyl (C=O) groups is 4. The van der Waals surface area contributed by atoms with Gasteiger partial charge in [-0.2, -0.15) is 0 Å². The van der Waals surface area contributed by atoms with E-state index in [1.165, 1.54) is 43.4 Å². The van der Waals surface area contributed by atoms with Crippen LogP contribution in [0.5, 0.6) is 5.75 Å². The molecule has 10 nitrogen and oxygen atoms in total. The molecule has 2 bridgehead atoms. The van der Waals surface area contributed by atoms with Crippen molar-refractivity contribution in [2.24, 2.45) is 5.41 Å². The van der Waals surface area contributed by atoms with Gasteiger partial charge in [0.1, 0.15) is 17.8 Å². The first-order chi connectivity index (χ1) is 20.9. The second-order valence-electron chi connectivity index (χ2n) is 12.4. The Morgan fingerprint density at radius 2 is 1.58 bits per heavy atom. The van der Waals surface area contributed by atoms with Crippen molar-refractivity contribution < 1.29 is 33.8 Å². The first-order valence-corrected chi connectivity index (χ1v) is 16.3. The summed E-state index contributed by atoms with van der Waals surface area (Å²) in [5, 5.41) is 15.4. The van der Waals surface area contributed by atoms with Gasteiger partial charge in [-0.05, 0) is 37.8 Å². The van der Waals surface area contributed by atoms with E-state index in [1.807, 2.05) is 30.3 Å². The Morgan fingerprint density at radius 1 is 0.930 bits per heavy atom. The minimum absolute atomic E-state index is 0.192. The molecule has 10 heteroatoms. The number of carboxylic acids is 1. The predicted octanol–water partition coefficient (Wildman–Crippen LogP) is 4.21. The van der Waals surface area contributed by atoms with Crippen LogP contribution >= 0.6 is 0 Å². The zero-order chi connectivity index (χ0) is 30.5. The lowest BCUT2D eigenvalue weighted by Gasteiger charge is -2.25. The Kier molecular flexibility index (Phi) is 12.7. The lowest BCUT2D eigenvalue weighted by molar-refractivity contribution is -0.149. The van der Waals surface area contributed by atoms with E-state index < -0.39 is 29.9 Å². The standard InChI is InChI=1S/C33H49N3O7/c37-29-17-13-8-6-4-2-1-3-5-7-9-14-19-42-24-33-21-27(32(40)41)36(28(33)22-33)30(38)23-34-31(39)26(35-29)18-20-43-25-15-11-10-12-16-25/h10-12,15-16,26-28H,1-9,13-14,17-24H2,(H,34,39)(H,35,37)(H,40,41)/t26-,27-,28-,33+/m0/s1. The summed E-state index contributed by atoms with van der Waals surface area (Å²) >= 11 is 0. The average Bonchev–Trinajstić information content (AvgIpc) is 3.59. The highest BCUT2D eigenvalue weighted by molar-refractivity contribution is 5.92. The zero-order valence-electron chi connectivity index (χ0n) is 25.4. The molecule has 238 valence electrons. The summed E-state index contributed by atoms with van der Waals surface area (Å²) in [4.78, 5) is 52.7. The van der Waals surface area contributed by atoms with Crippen molar-refractivity contribution in [1.82, 2.24) is 15.5 Å². The molecule has 1 aromatic carbocycles. The molecule has 2 heterocycles. The van der Waals surface area contributed by atoms with Gasteiger partial charge in [0.2, 0.25) is 17.7 Å². The fourth-order valence-corrected chi connectivity index (χ4v) is 6.49. The van der Waals surface area contributed by atoms with Crippen molar-refractivity contribution in [3.05, 3.63) is 30.3 Å². The highest BCUT2D eigenvalue weighted by Gasteiger charge is 2.67. The first-order valence-electron chi connectivity index (χ1n) is 16.3. The SMILES string of the molecule is O=C1CCCCCCCCCCCCCOC[C@@]23C[C@@H]2N(C(=O)CNC(=O)[C@H](CCOc2ccccc2)N1)[C@H](C(=O)O)C3. The second-order valence-corrected chi connectivity index (χ2v) is 12.4. The van der Waals surface area contributed by atoms with Gasteiger partial charge in [0.05, 0.1) is 19.8 Å². The number of para-hydroxylation sites is 1. The monoisotopic (exact) mass is 599 g/mol. The Balaban J connectivity index is 1.37. The van der Waals surface area contributed by atoms with Gasteiger partial charge in [-0.3, -0.25) is 14.4 Å². The average molecular weight is 600 g/mol. The van der Waals surface area contributed by atoms with Gasteiger partial charge in [0, 0.05) is 30.9 Å². The molecule has 3 amide bonds. The Morgan fingerprint density at radius 3 is 2.26 bits per heavy atom. The molecule has 0 radical (unpaired) electrons. The van der Waals surface area contributed by atoms with Crippen LogP contribution in [0.25, 0.3) is 0 Å². The van der Waals surface area contributed by atoms with Crippen molar-refractivity contribution in [2.45, 2.75) is 114 Å². The van der Waals surface area contributed by atoms with Crippen LogP contribution in [0.3, 0.4) is 0 Å². The Labute approximate surface area is 255 Å². The number of nitrogens with zero attached hydrogens (tertiary/aromatic N) is 1. The van der Waals surface area contributed by atoms with E-state index in [1.54, 1.807) is 0 Å². The van der Waals surface area contributed by atoms with Crippen molar-refractivity contribution >= 4 is 23.7 Å². The Bertz CT molecular complexity index is 1070. The Hall–Kier alpha value is -3.14. The number of benzene rings is 1. The molecule has 4 atom stereocenters. The molecule has 3 N–H and O–H groups in total. The van der Waals surface area contributed by atoms with Gasteiger partial charge < -0.3 is 30.1 Å². The van der Waals surface area contributed by atoms with Gasteiger partial charge in [-0.25, -0.2) is 4.79 Å². The number of aliphatic carboxylic acids is 1. The zero-order valence-corrected chi connectivity index (χ0v) is 25.4. The third kappa shape index (κ3) is 9.95. The quantitative estimate of drug-likeness (QED) is 0.462. The van der Waals surface area contributed by atoms with Crippen molar-refractivity contribution in [1.29, 1.82) is 0 Å². The van der Waals surface area contributed by atoms with Crippen LogP contribution in [0.15, 0.2) is 30.3 Å². The van der Waals surface area contributed by atoms with Gasteiger partial charge >= 0.3 is 5.97 Å². The van der Waals surface area contributed by atoms with Gasteiger partial charge in [-0.1, -0.05) is 76.0 Å². The first kappa shape index (κ1) is 32.8. The molecule has 1 aliphatic carbocycles. The molecule has 2 saturated heterocycles. The van der Waals surface area contributed by atoms with Crippen LogP contribution in [0, 0.1) is 5.41 Å². The van der Waals surface area contributed by atoms with Crippen LogP contribution in [0.4, 0.5) is 0 Å². The second kappa shape index (κ2) is 16.6. The smallest absolute Gasteiger partial charge is 0.326 e. The summed E-state index contributed by atoms with van der Waals surface area (Å²) in [6.07, 6.45) is 13.9. The van der Waals surface area contributed by atoms with E-state index in [2.05, 4.69) is 10.6 Å². The number of carbonyl (C=O) groups excluding carboxylic acids is 3. The summed E-state index contributed by atoms with van der Waals surface area (Å²) in [5.74, 6) is -1.50. The van der Waals surface area contributed by atoms with Gasteiger partial charge in [0.15, 0.2) is 0 Å². The summed E-state index contributed by atoms with van der Waals surface area (Å²) in [6.45, 7) is 0.973. The summed E-state index contributed by atoms with van der Waals surface area (Å²) < 4.78 is 11.7. The van der Waals surface area contributed by atoms with E-state index in [0.29, 0.717) is 38.2 Å². The third-order valence-corrected chi connectivity index (χ3v) is 9.06. The molecule has 3 aliphatic rings. The van der Waals surface area contributed by atoms with E-state index >= 15 is 0 Å². The highest BCUT2D eigenvalue weighted by Crippen LogP contribution is 2.59. The van der Waals surface area contributed by atoms with Crippen LogP contribution in [-0.4, -0.2) is 78.2 Å². The van der Waals surface area contributed by atoms with Gasteiger partial charge in [0.25, 0.3) is 0 Å². The van der Waals surface area contributed by atoms with Crippen molar-refractivity contribution in [2.75, 3.05) is 26.4 Å². The summed E-state index contributed by atoms with van der Waals surface area (Å²) in [5.41, 5.74) is -0.319. The topological polar surface area (TPSA) is 134 Å².